The molecule has 1 saturated heterocycles. The Balaban J connectivity index is 2.34. The molecule has 22 heavy (non-hydrogen) atoms. The summed E-state index contributed by atoms with van der Waals surface area (Å²) in [5.41, 5.74) is 4.71. The standard InChI is InChI=1S/C15H19F3N4/c16-15(17,18)13-5-4-12(10-22-6-2-1-3-7-22)21-14(13)11(8-19)9-20/h4-5,8-9,19H,1-3,6-7,10,20H2/b11-9+,19-8?. The minimum absolute atomic E-state index is 0.0344. The minimum atomic E-state index is -4.52. The Kier molecular flexibility index (Phi) is 5.18. The average molecular weight is 312 g/mol. The van der Waals surface area contributed by atoms with Crippen molar-refractivity contribution in [3.8, 4) is 0 Å². The molecule has 1 fully saturated rings. The zero-order chi connectivity index (χ0) is 16.2. The zero-order valence-corrected chi connectivity index (χ0v) is 12.2. The van der Waals surface area contributed by atoms with Gasteiger partial charge in [0.2, 0.25) is 0 Å². The predicted molar refractivity (Wildman–Crippen MR) is 79.3 cm³/mol. The SMILES string of the molecule is N=C/C(=C\N)c1nc(CN2CCCCC2)ccc1C(F)(F)F. The second-order valence-electron chi connectivity index (χ2n) is 5.30. The number of nitrogens with one attached hydrogen (secondary N) is 1. The van der Waals surface area contributed by atoms with Crippen LogP contribution in [0.15, 0.2) is 18.3 Å². The van der Waals surface area contributed by atoms with Crippen molar-refractivity contribution in [2.45, 2.75) is 32.0 Å². The van der Waals surface area contributed by atoms with Gasteiger partial charge in [0.1, 0.15) is 0 Å². The fraction of sp³-hybridized carbons (Fsp3) is 0.467. The quantitative estimate of drug-likeness (QED) is 0.840. The first-order valence-corrected chi connectivity index (χ1v) is 7.18. The van der Waals surface area contributed by atoms with Gasteiger partial charge in [0.25, 0.3) is 0 Å². The Morgan fingerprint density at radius 1 is 1.27 bits per heavy atom. The van der Waals surface area contributed by atoms with Gasteiger partial charge >= 0.3 is 6.18 Å². The average Bonchev–Trinajstić information content (AvgIpc) is 2.48. The van der Waals surface area contributed by atoms with E-state index in [1.54, 1.807) is 0 Å². The molecule has 1 aromatic heterocycles. The van der Waals surface area contributed by atoms with E-state index < -0.39 is 11.7 Å². The van der Waals surface area contributed by atoms with Gasteiger partial charge in [-0.15, -0.1) is 0 Å². The third-order valence-electron chi connectivity index (χ3n) is 3.70. The first kappa shape index (κ1) is 16.5. The number of rotatable bonds is 4. The molecule has 0 saturated carbocycles. The largest absolute Gasteiger partial charge is 0.418 e. The smallest absolute Gasteiger partial charge is 0.404 e. The number of pyridine rings is 1. The van der Waals surface area contributed by atoms with Crippen molar-refractivity contribution < 1.29 is 13.2 Å². The highest BCUT2D eigenvalue weighted by Crippen LogP contribution is 2.33. The van der Waals surface area contributed by atoms with Crippen molar-refractivity contribution in [2.75, 3.05) is 13.1 Å². The Morgan fingerprint density at radius 2 is 1.95 bits per heavy atom. The summed E-state index contributed by atoms with van der Waals surface area (Å²) in [6.45, 7) is 2.38. The fourth-order valence-corrected chi connectivity index (χ4v) is 2.58. The Labute approximate surface area is 127 Å². The van der Waals surface area contributed by atoms with Gasteiger partial charge in [-0.05, 0) is 38.1 Å². The van der Waals surface area contributed by atoms with Crippen LogP contribution in [0.1, 0.15) is 36.2 Å². The van der Waals surface area contributed by atoms with E-state index in [1.165, 1.54) is 12.5 Å². The van der Waals surface area contributed by atoms with Gasteiger partial charge in [-0.2, -0.15) is 13.2 Å². The molecule has 0 atom stereocenters. The van der Waals surface area contributed by atoms with Crippen molar-refractivity contribution in [2.24, 2.45) is 5.73 Å². The summed E-state index contributed by atoms with van der Waals surface area (Å²) in [6, 6.07) is 2.42. The van der Waals surface area contributed by atoms with Gasteiger partial charge in [-0.25, -0.2) is 0 Å². The van der Waals surface area contributed by atoms with Crippen LogP contribution in [0.2, 0.25) is 0 Å². The van der Waals surface area contributed by atoms with Crippen molar-refractivity contribution in [3.63, 3.8) is 0 Å². The van der Waals surface area contributed by atoms with Crippen molar-refractivity contribution in [1.82, 2.24) is 9.88 Å². The molecule has 1 aliphatic rings. The Bertz CT molecular complexity index is 560. The molecular weight excluding hydrogens is 293 g/mol. The van der Waals surface area contributed by atoms with Crippen LogP contribution >= 0.6 is 0 Å². The molecule has 4 nitrogen and oxygen atoms in total. The first-order chi connectivity index (χ1) is 10.5. The number of likely N-dealkylation sites (tertiary alicyclic amines) is 1. The molecule has 1 aliphatic heterocycles. The van der Waals surface area contributed by atoms with Crippen molar-refractivity contribution in [3.05, 3.63) is 35.3 Å². The molecule has 0 aliphatic carbocycles. The predicted octanol–water partition coefficient (Wildman–Crippen LogP) is 3.04. The van der Waals surface area contributed by atoms with Crippen LogP contribution in [0.5, 0.6) is 0 Å². The van der Waals surface area contributed by atoms with Gasteiger partial charge in [-0.3, -0.25) is 9.88 Å². The van der Waals surface area contributed by atoms with Crippen LogP contribution in [-0.2, 0) is 12.7 Å². The maximum absolute atomic E-state index is 13.1. The Hall–Kier alpha value is -1.89. The molecule has 0 spiro atoms. The van der Waals surface area contributed by atoms with Crippen LogP contribution in [0.4, 0.5) is 13.2 Å². The zero-order valence-electron chi connectivity index (χ0n) is 12.2. The van der Waals surface area contributed by atoms with Crippen LogP contribution < -0.4 is 5.73 Å². The lowest BCUT2D eigenvalue weighted by Gasteiger charge is -2.26. The molecule has 0 amide bonds. The molecule has 0 bridgehead atoms. The topological polar surface area (TPSA) is 66.0 Å². The van der Waals surface area contributed by atoms with Crippen molar-refractivity contribution >= 4 is 11.8 Å². The van der Waals surface area contributed by atoms with Gasteiger partial charge in [-0.1, -0.05) is 6.42 Å². The lowest BCUT2D eigenvalue weighted by Crippen LogP contribution is -2.29. The van der Waals surface area contributed by atoms with E-state index in [2.05, 4.69) is 9.88 Å². The number of allylic oxidation sites excluding steroid dienone is 1. The summed E-state index contributed by atoms with van der Waals surface area (Å²) in [4.78, 5) is 6.29. The van der Waals surface area contributed by atoms with E-state index in [4.69, 9.17) is 11.1 Å². The van der Waals surface area contributed by atoms with Crippen molar-refractivity contribution in [1.29, 1.82) is 5.41 Å². The van der Waals surface area contributed by atoms with Crippen LogP contribution in [0.3, 0.4) is 0 Å². The molecule has 1 aromatic rings. The summed E-state index contributed by atoms with van der Waals surface area (Å²) < 4.78 is 39.2. The number of alkyl halides is 3. The molecule has 120 valence electrons. The van der Waals surface area contributed by atoms with Gasteiger partial charge in [0.05, 0.1) is 17.0 Å². The van der Waals surface area contributed by atoms with E-state index in [9.17, 15) is 13.2 Å². The third-order valence-corrected chi connectivity index (χ3v) is 3.70. The lowest BCUT2D eigenvalue weighted by molar-refractivity contribution is -0.138. The monoisotopic (exact) mass is 312 g/mol. The second-order valence-corrected chi connectivity index (χ2v) is 5.30. The van der Waals surface area contributed by atoms with E-state index in [0.29, 0.717) is 12.2 Å². The lowest BCUT2D eigenvalue weighted by atomic mass is 10.1. The summed E-state index contributed by atoms with van der Waals surface area (Å²) >= 11 is 0. The highest BCUT2D eigenvalue weighted by molar-refractivity contribution is 6.07. The first-order valence-electron chi connectivity index (χ1n) is 7.18. The second kappa shape index (κ2) is 6.91. The molecule has 0 unspecified atom stereocenters. The van der Waals surface area contributed by atoms with Gasteiger partial charge in [0.15, 0.2) is 0 Å². The summed E-state index contributed by atoms with van der Waals surface area (Å²) in [5.74, 6) is 0. The Morgan fingerprint density at radius 3 is 2.50 bits per heavy atom. The van der Waals surface area contributed by atoms with Gasteiger partial charge < -0.3 is 11.1 Å². The normalized spacial score (nSPS) is 17.5. The molecule has 3 N–H and O–H groups in total. The summed E-state index contributed by atoms with van der Waals surface area (Å²) in [6.07, 6.45) is 0.640. The van der Waals surface area contributed by atoms with Gasteiger partial charge in [0, 0.05) is 24.5 Å². The highest BCUT2D eigenvalue weighted by atomic mass is 19.4. The van der Waals surface area contributed by atoms with E-state index in [-0.39, 0.29) is 11.3 Å². The summed E-state index contributed by atoms with van der Waals surface area (Å²) in [5, 5.41) is 7.23. The van der Waals surface area contributed by atoms with Crippen LogP contribution in [-0.4, -0.2) is 29.2 Å². The van der Waals surface area contributed by atoms with E-state index >= 15 is 0 Å². The van der Waals surface area contributed by atoms with E-state index in [1.807, 2.05) is 0 Å². The maximum atomic E-state index is 13.1. The molecular formula is C15H19F3N4. The molecule has 0 aromatic carbocycles. The number of hydrogen-bond donors (Lipinski definition) is 2. The van der Waals surface area contributed by atoms with Crippen LogP contribution in [0.25, 0.3) is 5.57 Å². The maximum Gasteiger partial charge on any atom is 0.418 e. The summed E-state index contributed by atoms with van der Waals surface area (Å²) in [7, 11) is 0. The van der Waals surface area contributed by atoms with Crippen LogP contribution in [0, 0.1) is 5.41 Å². The fourth-order valence-electron chi connectivity index (χ4n) is 2.58. The number of piperidine rings is 1. The molecule has 0 radical (unpaired) electrons. The molecule has 2 rings (SSSR count). The highest BCUT2D eigenvalue weighted by Gasteiger charge is 2.35. The number of hydrogen-bond acceptors (Lipinski definition) is 4. The molecule has 7 heteroatoms. The molecule has 2 heterocycles. The minimum Gasteiger partial charge on any atom is -0.404 e. The number of halogens is 3. The number of nitrogens with zero attached hydrogens (tertiary/aromatic N) is 2. The van der Waals surface area contributed by atoms with E-state index in [0.717, 1.165) is 44.4 Å². The number of aromatic nitrogens is 1. The number of nitrogens with two attached hydrogens (primary N) is 1. The third kappa shape index (κ3) is 3.85.